The Balaban J connectivity index is 1.33. The zero-order valence-corrected chi connectivity index (χ0v) is 17.8. The Bertz CT molecular complexity index is 1420. The van der Waals surface area contributed by atoms with Crippen LogP contribution in [0.5, 0.6) is 5.75 Å². The van der Waals surface area contributed by atoms with E-state index in [9.17, 15) is 4.79 Å². The monoisotopic (exact) mass is 424 g/mol. The van der Waals surface area contributed by atoms with Crippen molar-refractivity contribution in [1.29, 1.82) is 0 Å². The summed E-state index contributed by atoms with van der Waals surface area (Å²) in [5.41, 5.74) is 2.86. The van der Waals surface area contributed by atoms with E-state index in [-0.39, 0.29) is 5.91 Å². The number of benzene rings is 3. The number of rotatable bonds is 5. The van der Waals surface area contributed by atoms with Crippen LogP contribution in [-0.2, 0) is 11.8 Å². The predicted octanol–water partition coefficient (Wildman–Crippen LogP) is 4.88. The molecule has 1 N–H and O–H groups in total. The van der Waals surface area contributed by atoms with E-state index in [0.29, 0.717) is 28.4 Å². The molecule has 2 heterocycles. The zero-order chi connectivity index (χ0) is 22.1. The maximum atomic E-state index is 12.8. The molecule has 0 aliphatic heterocycles. The van der Waals surface area contributed by atoms with Crippen molar-refractivity contribution in [3.63, 3.8) is 0 Å². The Kier molecular flexibility index (Phi) is 5.03. The first kappa shape index (κ1) is 19.8. The van der Waals surface area contributed by atoms with Crippen molar-refractivity contribution in [2.24, 2.45) is 7.05 Å². The van der Waals surface area contributed by atoms with Gasteiger partial charge in [0.1, 0.15) is 18.3 Å². The van der Waals surface area contributed by atoms with Crippen molar-refractivity contribution in [2.75, 3.05) is 5.32 Å². The number of oxazole rings is 1. The predicted molar refractivity (Wildman–Crippen MR) is 123 cm³/mol. The molecule has 2 aromatic heterocycles. The van der Waals surface area contributed by atoms with E-state index < -0.39 is 6.10 Å². The molecule has 0 saturated heterocycles. The third-order valence-electron chi connectivity index (χ3n) is 5.30. The van der Waals surface area contributed by atoms with Crippen LogP contribution >= 0.6 is 0 Å². The minimum Gasteiger partial charge on any atom is -0.480 e. The fourth-order valence-electron chi connectivity index (χ4n) is 3.56. The van der Waals surface area contributed by atoms with Gasteiger partial charge in [0.25, 0.3) is 5.91 Å². The first-order valence-electron chi connectivity index (χ1n) is 10.4. The molecule has 5 rings (SSSR count). The summed E-state index contributed by atoms with van der Waals surface area (Å²) in [7, 11) is 1.95. The van der Waals surface area contributed by atoms with Crippen LogP contribution in [0.25, 0.3) is 33.3 Å². The lowest BCUT2D eigenvalue weighted by Gasteiger charge is -2.16. The number of pyridine rings is 1. The minimum atomic E-state index is -0.672. The Labute approximate surface area is 185 Å². The van der Waals surface area contributed by atoms with Crippen molar-refractivity contribution in [3.8, 4) is 17.2 Å². The number of hydrogen-bond acceptors (Lipinski definition) is 4. The lowest BCUT2D eigenvalue weighted by atomic mass is 10.1. The third-order valence-corrected chi connectivity index (χ3v) is 5.30. The zero-order valence-electron chi connectivity index (χ0n) is 17.8. The first-order valence-corrected chi connectivity index (χ1v) is 10.4. The molecule has 1 amide bonds. The van der Waals surface area contributed by atoms with Gasteiger partial charge in [0, 0.05) is 28.8 Å². The second-order valence-electron chi connectivity index (χ2n) is 7.68. The number of hydrogen-bond donors (Lipinski definition) is 1. The van der Waals surface area contributed by atoms with Gasteiger partial charge in [-0.3, -0.25) is 4.79 Å². The van der Waals surface area contributed by atoms with Gasteiger partial charge in [-0.05, 0) is 36.6 Å². The normalized spacial score (nSPS) is 12.1. The van der Waals surface area contributed by atoms with Gasteiger partial charge in [0.05, 0.1) is 0 Å². The minimum absolute atomic E-state index is 0.239. The summed E-state index contributed by atoms with van der Waals surface area (Å²) in [6.07, 6.45) is 3.20. The van der Waals surface area contributed by atoms with Gasteiger partial charge in [-0.15, -0.1) is 0 Å². The first-order chi connectivity index (χ1) is 15.6. The van der Waals surface area contributed by atoms with Gasteiger partial charge in [0.2, 0.25) is 5.89 Å². The topological polar surface area (TPSA) is 68.2 Å². The Morgan fingerprint density at radius 2 is 1.81 bits per heavy atom. The van der Waals surface area contributed by atoms with Crippen LogP contribution in [0.2, 0.25) is 0 Å². The molecule has 0 aliphatic carbocycles. The molecule has 0 spiro atoms. The van der Waals surface area contributed by atoms with Crippen LogP contribution in [0.1, 0.15) is 6.92 Å². The lowest BCUT2D eigenvalue weighted by Crippen LogP contribution is -2.30. The molecule has 32 heavy (non-hydrogen) atoms. The average Bonchev–Trinajstić information content (AvgIpc) is 3.23. The molecule has 3 aromatic carbocycles. The van der Waals surface area contributed by atoms with Gasteiger partial charge >= 0.3 is 0 Å². The van der Waals surface area contributed by atoms with Gasteiger partial charge < -0.3 is 14.5 Å². The fraction of sp³-hybridized carbons (Fsp3) is 0.115. The van der Waals surface area contributed by atoms with Gasteiger partial charge in [0.15, 0.2) is 24.1 Å². The highest BCUT2D eigenvalue weighted by molar-refractivity contribution is 5.96. The molecule has 0 saturated carbocycles. The highest BCUT2D eigenvalue weighted by Gasteiger charge is 2.17. The third kappa shape index (κ3) is 3.90. The van der Waals surface area contributed by atoms with Crippen molar-refractivity contribution < 1.29 is 18.5 Å². The molecule has 5 aromatic rings. The summed E-state index contributed by atoms with van der Waals surface area (Å²) in [5.74, 6) is 0.979. The van der Waals surface area contributed by atoms with Crippen molar-refractivity contribution in [2.45, 2.75) is 13.0 Å². The standard InChI is InChI=1S/C26H21N3O3/c1-17(31-23-9-5-7-18-6-3-4-8-21(18)23)25(30)27-20-10-11-24-22(16-20)28-26(32-24)19-12-14-29(2)15-13-19/h3-17H,1-2H3/p+1/t17-/m0/s1. The van der Waals surface area contributed by atoms with Crippen molar-refractivity contribution >= 4 is 33.5 Å². The van der Waals surface area contributed by atoms with Crippen LogP contribution in [0, 0.1) is 0 Å². The van der Waals surface area contributed by atoms with E-state index in [1.165, 1.54) is 0 Å². The van der Waals surface area contributed by atoms with E-state index in [2.05, 4.69) is 10.3 Å². The maximum Gasteiger partial charge on any atom is 0.265 e. The summed E-state index contributed by atoms with van der Waals surface area (Å²) in [5, 5.41) is 4.95. The number of amides is 1. The summed E-state index contributed by atoms with van der Waals surface area (Å²) in [6.45, 7) is 1.74. The van der Waals surface area contributed by atoms with Gasteiger partial charge in [-0.25, -0.2) is 9.55 Å². The number of aromatic nitrogens is 2. The summed E-state index contributed by atoms with van der Waals surface area (Å²) >= 11 is 0. The van der Waals surface area contributed by atoms with Crippen molar-refractivity contribution in [1.82, 2.24) is 4.98 Å². The SMILES string of the molecule is C[C@H](Oc1cccc2ccccc12)C(=O)Nc1ccc2oc(-c3cc[n+](C)cc3)nc2c1. The van der Waals surface area contributed by atoms with Gasteiger partial charge in [-0.1, -0.05) is 36.4 Å². The molecule has 6 heteroatoms. The van der Waals surface area contributed by atoms with Crippen LogP contribution in [0.3, 0.4) is 0 Å². The van der Waals surface area contributed by atoms with Gasteiger partial charge in [-0.2, -0.15) is 0 Å². The number of ether oxygens (including phenoxy) is 1. The smallest absolute Gasteiger partial charge is 0.265 e. The van der Waals surface area contributed by atoms with E-state index in [1.54, 1.807) is 25.1 Å². The number of nitrogens with one attached hydrogen (secondary N) is 1. The number of carbonyl (C=O) groups excluding carboxylic acids is 1. The molecule has 6 nitrogen and oxygen atoms in total. The second kappa shape index (κ2) is 8.15. The Morgan fingerprint density at radius 1 is 1.03 bits per heavy atom. The van der Waals surface area contributed by atoms with Crippen LogP contribution < -0.4 is 14.6 Å². The van der Waals surface area contributed by atoms with E-state index in [0.717, 1.165) is 16.3 Å². The number of carbonyl (C=O) groups is 1. The summed E-state index contributed by atoms with van der Waals surface area (Å²) in [6, 6.07) is 23.0. The number of aryl methyl sites for hydroxylation is 1. The quantitative estimate of drug-likeness (QED) is 0.409. The largest absolute Gasteiger partial charge is 0.480 e. The highest BCUT2D eigenvalue weighted by Crippen LogP contribution is 2.27. The van der Waals surface area contributed by atoms with Crippen LogP contribution in [0.4, 0.5) is 5.69 Å². The number of anilines is 1. The summed E-state index contributed by atoms with van der Waals surface area (Å²) in [4.78, 5) is 17.3. The molecular formula is C26H22N3O3+. The Hall–Kier alpha value is -4.19. The molecular weight excluding hydrogens is 402 g/mol. The van der Waals surface area contributed by atoms with E-state index in [4.69, 9.17) is 9.15 Å². The van der Waals surface area contributed by atoms with E-state index in [1.807, 2.05) is 78.6 Å². The lowest BCUT2D eigenvalue weighted by molar-refractivity contribution is -0.671. The Morgan fingerprint density at radius 3 is 2.66 bits per heavy atom. The molecule has 0 bridgehead atoms. The molecule has 0 radical (unpaired) electrons. The van der Waals surface area contributed by atoms with Crippen molar-refractivity contribution in [3.05, 3.63) is 85.2 Å². The van der Waals surface area contributed by atoms with Crippen LogP contribution in [-0.4, -0.2) is 17.0 Å². The fourth-order valence-corrected chi connectivity index (χ4v) is 3.56. The second-order valence-corrected chi connectivity index (χ2v) is 7.68. The molecule has 158 valence electrons. The highest BCUT2D eigenvalue weighted by atomic mass is 16.5. The molecule has 1 atom stereocenters. The molecule has 0 aliphatic rings. The number of nitrogens with zero attached hydrogens (tertiary/aromatic N) is 2. The molecule has 0 unspecified atom stereocenters. The summed E-state index contributed by atoms with van der Waals surface area (Å²) < 4.78 is 13.8. The number of fused-ring (bicyclic) bond motifs is 2. The van der Waals surface area contributed by atoms with Crippen LogP contribution in [0.15, 0.2) is 89.6 Å². The molecule has 0 fully saturated rings. The average molecular weight is 424 g/mol. The van der Waals surface area contributed by atoms with E-state index >= 15 is 0 Å². The maximum absolute atomic E-state index is 12.8.